The van der Waals surface area contributed by atoms with Crippen LogP contribution in [0.15, 0.2) is 17.2 Å². The summed E-state index contributed by atoms with van der Waals surface area (Å²) in [5, 5.41) is 7.01. The smallest absolute Gasteiger partial charge is 0.267 e. The quantitative estimate of drug-likeness (QED) is 0.885. The van der Waals surface area contributed by atoms with E-state index in [1.807, 2.05) is 13.0 Å². The molecule has 1 aliphatic heterocycles. The van der Waals surface area contributed by atoms with Crippen LogP contribution in [0.25, 0.3) is 0 Å². The van der Waals surface area contributed by atoms with Crippen LogP contribution < -0.4 is 15.5 Å². The van der Waals surface area contributed by atoms with Crippen molar-refractivity contribution in [3.05, 3.63) is 28.3 Å². The van der Waals surface area contributed by atoms with Crippen LogP contribution in [0.5, 0.6) is 5.75 Å². The first-order valence-corrected chi connectivity index (χ1v) is 6.85. The van der Waals surface area contributed by atoms with Crippen LogP contribution in [0.2, 0.25) is 5.02 Å². The van der Waals surface area contributed by atoms with Gasteiger partial charge in [-0.3, -0.25) is 9.59 Å². The SMILES string of the molecule is COc1cc(C)c(CNC(=O)C2=NNC(=O)CC2)cc1Cl. The number of carbonyl (C=O) groups is 2. The fourth-order valence-corrected chi connectivity index (χ4v) is 2.22. The molecule has 0 saturated heterocycles. The molecule has 7 heteroatoms. The van der Waals surface area contributed by atoms with Gasteiger partial charge in [0.2, 0.25) is 5.91 Å². The van der Waals surface area contributed by atoms with Gasteiger partial charge in [-0.2, -0.15) is 5.10 Å². The highest BCUT2D eigenvalue weighted by Gasteiger charge is 2.18. The molecule has 21 heavy (non-hydrogen) atoms. The lowest BCUT2D eigenvalue weighted by molar-refractivity contribution is -0.121. The summed E-state index contributed by atoms with van der Waals surface area (Å²) >= 11 is 6.07. The first kappa shape index (κ1) is 15.3. The zero-order valence-corrected chi connectivity index (χ0v) is 12.6. The number of hydrogen-bond donors (Lipinski definition) is 2. The Kier molecular flexibility index (Phi) is 4.80. The van der Waals surface area contributed by atoms with Gasteiger partial charge in [0.15, 0.2) is 0 Å². The number of amides is 2. The molecule has 112 valence electrons. The molecule has 2 N–H and O–H groups in total. The summed E-state index contributed by atoms with van der Waals surface area (Å²) in [6, 6.07) is 3.59. The second kappa shape index (κ2) is 6.58. The molecular formula is C14H16ClN3O3. The normalized spacial score (nSPS) is 14.2. The Hall–Kier alpha value is -2.08. The molecule has 0 atom stereocenters. The molecule has 0 spiro atoms. The van der Waals surface area contributed by atoms with Gasteiger partial charge < -0.3 is 10.1 Å². The van der Waals surface area contributed by atoms with Gasteiger partial charge in [0, 0.05) is 19.4 Å². The highest BCUT2D eigenvalue weighted by Crippen LogP contribution is 2.27. The maximum absolute atomic E-state index is 11.9. The van der Waals surface area contributed by atoms with E-state index in [0.717, 1.165) is 11.1 Å². The Bertz CT molecular complexity index is 614. The van der Waals surface area contributed by atoms with Crippen LogP contribution in [0.1, 0.15) is 24.0 Å². The van der Waals surface area contributed by atoms with Crippen molar-refractivity contribution in [2.24, 2.45) is 5.10 Å². The predicted octanol–water partition coefficient (Wildman–Crippen LogP) is 1.54. The van der Waals surface area contributed by atoms with Gasteiger partial charge in [-0.25, -0.2) is 5.43 Å². The number of ether oxygens (including phenoxy) is 1. The minimum atomic E-state index is -0.290. The Balaban J connectivity index is 2.01. The van der Waals surface area contributed by atoms with Gasteiger partial charge >= 0.3 is 0 Å². The minimum absolute atomic E-state index is 0.177. The molecule has 0 aliphatic carbocycles. The second-order valence-electron chi connectivity index (χ2n) is 4.69. The van der Waals surface area contributed by atoms with Crippen molar-refractivity contribution < 1.29 is 14.3 Å². The summed E-state index contributed by atoms with van der Waals surface area (Å²) in [7, 11) is 1.55. The fourth-order valence-electron chi connectivity index (χ4n) is 1.96. The number of methoxy groups -OCH3 is 1. The first-order valence-electron chi connectivity index (χ1n) is 6.48. The van der Waals surface area contributed by atoms with E-state index < -0.39 is 0 Å². The van der Waals surface area contributed by atoms with Gasteiger partial charge in [0.25, 0.3) is 5.91 Å². The lowest BCUT2D eigenvalue weighted by Gasteiger charge is -2.14. The van der Waals surface area contributed by atoms with Gasteiger partial charge in [0.1, 0.15) is 11.5 Å². The summed E-state index contributed by atoms with van der Waals surface area (Å²) in [4.78, 5) is 22.9. The molecular weight excluding hydrogens is 294 g/mol. The highest BCUT2D eigenvalue weighted by molar-refractivity contribution is 6.39. The molecule has 2 rings (SSSR count). The summed E-state index contributed by atoms with van der Waals surface area (Å²) in [6.45, 7) is 2.25. The number of hydrogen-bond acceptors (Lipinski definition) is 4. The topological polar surface area (TPSA) is 79.8 Å². The third-order valence-electron chi connectivity index (χ3n) is 3.22. The largest absolute Gasteiger partial charge is 0.495 e. The average molecular weight is 310 g/mol. The van der Waals surface area contributed by atoms with E-state index >= 15 is 0 Å². The molecule has 0 radical (unpaired) electrons. The number of hydrazone groups is 1. The lowest BCUT2D eigenvalue weighted by atomic mass is 10.1. The molecule has 1 aliphatic rings. The van der Waals surface area contributed by atoms with Gasteiger partial charge in [-0.05, 0) is 30.2 Å². The molecule has 1 aromatic rings. The Morgan fingerprint density at radius 1 is 1.48 bits per heavy atom. The molecule has 1 aromatic carbocycles. The Labute approximate surface area is 127 Å². The maximum Gasteiger partial charge on any atom is 0.267 e. The number of aryl methyl sites for hydroxylation is 1. The van der Waals surface area contributed by atoms with Gasteiger partial charge in [-0.15, -0.1) is 0 Å². The summed E-state index contributed by atoms with van der Waals surface area (Å²) in [6.07, 6.45) is 0.625. The van der Waals surface area contributed by atoms with Crippen molar-refractivity contribution >= 4 is 29.1 Å². The molecule has 0 fully saturated rings. The zero-order chi connectivity index (χ0) is 15.4. The van der Waals surface area contributed by atoms with Crippen LogP contribution in [-0.2, 0) is 16.1 Å². The van der Waals surface area contributed by atoms with Crippen LogP contribution in [0, 0.1) is 6.92 Å². The Morgan fingerprint density at radius 3 is 2.86 bits per heavy atom. The van der Waals surface area contributed by atoms with Crippen molar-refractivity contribution in [1.29, 1.82) is 0 Å². The number of nitrogens with zero attached hydrogens (tertiary/aromatic N) is 1. The standard InChI is InChI=1S/C14H16ClN3O3/c1-8-5-12(21-2)10(15)6-9(8)7-16-14(20)11-3-4-13(19)18-17-11/h5-6H,3-4,7H2,1-2H3,(H,16,20)(H,18,19). The molecule has 0 saturated carbocycles. The number of benzene rings is 1. The van der Waals surface area contributed by atoms with Crippen LogP contribution in [0.3, 0.4) is 0 Å². The Morgan fingerprint density at radius 2 is 2.24 bits per heavy atom. The van der Waals surface area contributed by atoms with E-state index in [1.165, 1.54) is 0 Å². The lowest BCUT2D eigenvalue weighted by Crippen LogP contribution is -2.36. The van der Waals surface area contributed by atoms with Gasteiger partial charge in [0.05, 0.1) is 12.1 Å². The molecule has 6 nitrogen and oxygen atoms in total. The van der Waals surface area contributed by atoms with Crippen molar-refractivity contribution in [3.63, 3.8) is 0 Å². The molecule has 0 unspecified atom stereocenters. The highest BCUT2D eigenvalue weighted by atomic mass is 35.5. The predicted molar refractivity (Wildman–Crippen MR) is 79.4 cm³/mol. The van der Waals surface area contributed by atoms with E-state index in [1.54, 1.807) is 13.2 Å². The first-order chi connectivity index (χ1) is 10.0. The van der Waals surface area contributed by atoms with Crippen LogP contribution in [-0.4, -0.2) is 24.6 Å². The zero-order valence-electron chi connectivity index (χ0n) is 11.8. The minimum Gasteiger partial charge on any atom is -0.495 e. The van der Waals surface area contributed by atoms with Crippen LogP contribution >= 0.6 is 11.6 Å². The van der Waals surface area contributed by atoms with Crippen molar-refractivity contribution in [1.82, 2.24) is 10.7 Å². The molecule has 2 amide bonds. The second-order valence-corrected chi connectivity index (χ2v) is 5.10. The van der Waals surface area contributed by atoms with Crippen molar-refractivity contribution in [2.45, 2.75) is 26.3 Å². The van der Waals surface area contributed by atoms with E-state index in [4.69, 9.17) is 16.3 Å². The monoisotopic (exact) mass is 309 g/mol. The number of halogens is 1. The van der Waals surface area contributed by atoms with E-state index in [0.29, 0.717) is 29.4 Å². The van der Waals surface area contributed by atoms with E-state index in [2.05, 4.69) is 15.8 Å². The van der Waals surface area contributed by atoms with Crippen LogP contribution in [0.4, 0.5) is 0 Å². The molecule has 1 heterocycles. The number of nitrogens with one attached hydrogen (secondary N) is 2. The maximum atomic E-state index is 11.9. The van der Waals surface area contributed by atoms with Crippen molar-refractivity contribution in [3.8, 4) is 5.75 Å². The van der Waals surface area contributed by atoms with Gasteiger partial charge in [-0.1, -0.05) is 11.6 Å². The van der Waals surface area contributed by atoms with E-state index in [-0.39, 0.29) is 18.2 Å². The third kappa shape index (κ3) is 3.72. The average Bonchev–Trinajstić information content (AvgIpc) is 2.48. The third-order valence-corrected chi connectivity index (χ3v) is 3.51. The van der Waals surface area contributed by atoms with Crippen molar-refractivity contribution in [2.75, 3.05) is 7.11 Å². The summed E-state index contributed by atoms with van der Waals surface area (Å²) < 4.78 is 5.13. The number of carbonyl (C=O) groups excluding carboxylic acids is 2. The molecule has 0 aromatic heterocycles. The summed E-state index contributed by atoms with van der Waals surface area (Å²) in [5.74, 6) is 0.134. The van der Waals surface area contributed by atoms with E-state index in [9.17, 15) is 9.59 Å². The molecule has 0 bridgehead atoms. The fraction of sp³-hybridized carbons (Fsp3) is 0.357. The number of rotatable bonds is 4. The summed E-state index contributed by atoms with van der Waals surface area (Å²) in [5.41, 5.74) is 4.49.